The van der Waals surface area contributed by atoms with Crippen molar-refractivity contribution in [3.63, 3.8) is 0 Å². The predicted molar refractivity (Wildman–Crippen MR) is 78.2 cm³/mol. The number of amides is 1. The first-order valence-corrected chi connectivity index (χ1v) is 6.77. The van der Waals surface area contributed by atoms with Crippen LogP contribution in [0.3, 0.4) is 0 Å². The van der Waals surface area contributed by atoms with E-state index in [9.17, 15) is 18.0 Å². The minimum atomic E-state index is -4.69. The summed E-state index contributed by atoms with van der Waals surface area (Å²) in [5.74, 6) is -0.946. The van der Waals surface area contributed by atoms with Gasteiger partial charge in [0.1, 0.15) is 5.69 Å². The Morgan fingerprint density at radius 2 is 1.64 bits per heavy atom. The van der Waals surface area contributed by atoms with Crippen molar-refractivity contribution >= 4 is 40.7 Å². The maximum atomic E-state index is 12.8. The zero-order chi connectivity index (χ0) is 16.7. The van der Waals surface area contributed by atoms with Crippen molar-refractivity contribution in [1.29, 1.82) is 0 Å². The summed E-state index contributed by atoms with van der Waals surface area (Å²) in [7, 11) is 0. The largest absolute Gasteiger partial charge is 0.433 e. The zero-order valence-electron chi connectivity index (χ0n) is 10.5. The summed E-state index contributed by atoms with van der Waals surface area (Å²) in [6.45, 7) is 0. The molecule has 0 fully saturated rings. The molecule has 0 saturated carbocycles. The summed E-state index contributed by atoms with van der Waals surface area (Å²) in [5.41, 5.74) is 3.48. The van der Waals surface area contributed by atoms with Gasteiger partial charge in [-0.05, 0) is 24.3 Å². The van der Waals surface area contributed by atoms with Gasteiger partial charge in [-0.25, -0.2) is 4.98 Å². The smallest absolute Gasteiger partial charge is 0.366 e. The van der Waals surface area contributed by atoms with Crippen molar-refractivity contribution in [2.45, 2.75) is 6.18 Å². The van der Waals surface area contributed by atoms with Gasteiger partial charge in [0, 0.05) is 5.56 Å². The van der Waals surface area contributed by atoms with Crippen LogP contribution < -0.4 is 5.73 Å². The molecule has 0 saturated heterocycles. The molecule has 1 heterocycles. The summed E-state index contributed by atoms with van der Waals surface area (Å²) in [6.07, 6.45) is -4.69. The summed E-state index contributed by atoms with van der Waals surface area (Å²) >= 11 is 17.6. The van der Waals surface area contributed by atoms with Gasteiger partial charge in [-0.3, -0.25) is 4.79 Å². The number of aromatic nitrogens is 1. The molecule has 116 valence electrons. The van der Waals surface area contributed by atoms with Gasteiger partial charge in [-0.2, -0.15) is 13.2 Å². The number of carbonyl (C=O) groups excluding carboxylic acids is 1. The van der Waals surface area contributed by atoms with Crippen molar-refractivity contribution < 1.29 is 18.0 Å². The van der Waals surface area contributed by atoms with Crippen LogP contribution in [0, 0.1) is 0 Å². The van der Waals surface area contributed by atoms with E-state index in [1.807, 2.05) is 0 Å². The molecule has 3 nitrogen and oxygen atoms in total. The molecule has 0 aliphatic heterocycles. The van der Waals surface area contributed by atoms with E-state index in [1.54, 1.807) is 0 Å². The van der Waals surface area contributed by atoms with Gasteiger partial charge in [0.15, 0.2) is 0 Å². The van der Waals surface area contributed by atoms with Crippen LogP contribution in [0.5, 0.6) is 0 Å². The minimum Gasteiger partial charge on any atom is -0.366 e. The molecule has 2 N–H and O–H groups in total. The van der Waals surface area contributed by atoms with E-state index in [1.165, 1.54) is 12.1 Å². The van der Waals surface area contributed by atoms with Crippen LogP contribution in [0.4, 0.5) is 13.2 Å². The summed E-state index contributed by atoms with van der Waals surface area (Å²) in [5, 5.41) is 0.155. The van der Waals surface area contributed by atoms with Crippen LogP contribution in [-0.2, 0) is 6.18 Å². The molecular weight excluding hydrogens is 364 g/mol. The van der Waals surface area contributed by atoms with E-state index in [0.717, 1.165) is 6.07 Å². The third kappa shape index (κ3) is 3.29. The maximum Gasteiger partial charge on any atom is 0.433 e. The van der Waals surface area contributed by atoms with E-state index in [-0.39, 0.29) is 31.9 Å². The van der Waals surface area contributed by atoms with Gasteiger partial charge in [0.2, 0.25) is 0 Å². The molecule has 2 rings (SSSR count). The lowest BCUT2D eigenvalue weighted by Gasteiger charge is -2.13. The van der Waals surface area contributed by atoms with E-state index < -0.39 is 17.8 Å². The number of carbonyl (C=O) groups is 1. The molecule has 2 aromatic rings. The SMILES string of the molecule is NC(=O)c1ccc(C(F)(F)F)nc1-c1cc(Cl)c(Cl)cc1Cl. The fourth-order valence-corrected chi connectivity index (χ4v) is 2.36. The Hall–Kier alpha value is -1.50. The molecule has 1 aromatic heterocycles. The van der Waals surface area contributed by atoms with Crippen molar-refractivity contribution in [2.75, 3.05) is 0 Å². The van der Waals surface area contributed by atoms with E-state index >= 15 is 0 Å². The first kappa shape index (κ1) is 16.9. The quantitative estimate of drug-likeness (QED) is 0.771. The van der Waals surface area contributed by atoms with Crippen molar-refractivity contribution in [3.05, 3.63) is 50.6 Å². The topological polar surface area (TPSA) is 56.0 Å². The molecule has 0 bridgehead atoms. The number of alkyl halides is 3. The van der Waals surface area contributed by atoms with Crippen LogP contribution in [0.25, 0.3) is 11.3 Å². The number of hydrogen-bond donors (Lipinski definition) is 1. The third-order valence-electron chi connectivity index (χ3n) is 2.72. The highest BCUT2D eigenvalue weighted by atomic mass is 35.5. The normalized spacial score (nSPS) is 11.5. The van der Waals surface area contributed by atoms with Crippen LogP contribution in [0.15, 0.2) is 24.3 Å². The second kappa shape index (κ2) is 5.95. The van der Waals surface area contributed by atoms with Gasteiger partial charge in [0.25, 0.3) is 5.91 Å². The molecule has 0 atom stereocenters. The molecule has 0 radical (unpaired) electrons. The number of nitrogens with zero attached hydrogens (tertiary/aromatic N) is 1. The lowest BCUT2D eigenvalue weighted by Crippen LogP contribution is -2.16. The van der Waals surface area contributed by atoms with E-state index in [4.69, 9.17) is 40.5 Å². The highest BCUT2D eigenvalue weighted by Gasteiger charge is 2.33. The second-order valence-electron chi connectivity index (χ2n) is 4.20. The zero-order valence-corrected chi connectivity index (χ0v) is 12.8. The Labute approximate surface area is 137 Å². The number of rotatable bonds is 2. The van der Waals surface area contributed by atoms with Crippen LogP contribution >= 0.6 is 34.8 Å². The monoisotopic (exact) mass is 368 g/mol. The lowest BCUT2D eigenvalue weighted by atomic mass is 10.0. The second-order valence-corrected chi connectivity index (χ2v) is 5.42. The number of benzene rings is 1. The maximum absolute atomic E-state index is 12.8. The van der Waals surface area contributed by atoms with Gasteiger partial charge >= 0.3 is 6.18 Å². The van der Waals surface area contributed by atoms with Gasteiger partial charge in [-0.15, -0.1) is 0 Å². The summed E-state index contributed by atoms with van der Waals surface area (Å²) in [4.78, 5) is 14.9. The average molecular weight is 370 g/mol. The Morgan fingerprint density at radius 1 is 1.05 bits per heavy atom. The molecular formula is C13H6Cl3F3N2O. The van der Waals surface area contributed by atoms with E-state index in [0.29, 0.717) is 6.07 Å². The van der Waals surface area contributed by atoms with Crippen LogP contribution in [-0.4, -0.2) is 10.9 Å². The first-order valence-electron chi connectivity index (χ1n) is 5.64. The number of hydrogen-bond acceptors (Lipinski definition) is 2. The average Bonchev–Trinajstić information content (AvgIpc) is 2.41. The van der Waals surface area contributed by atoms with Gasteiger partial charge in [0.05, 0.1) is 26.3 Å². The fourth-order valence-electron chi connectivity index (χ4n) is 1.73. The Bertz CT molecular complexity index is 763. The van der Waals surface area contributed by atoms with E-state index in [2.05, 4.69) is 4.98 Å². The van der Waals surface area contributed by atoms with Crippen LogP contribution in [0.1, 0.15) is 16.1 Å². The molecule has 1 aromatic carbocycles. The molecule has 9 heteroatoms. The molecule has 1 amide bonds. The Balaban J connectivity index is 2.77. The molecule has 0 spiro atoms. The lowest BCUT2D eigenvalue weighted by molar-refractivity contribution is -0.141. The number of nitrogens with two attached hydrogens (primary N) is 1. The number of halogens is 6. The molecule has 0 aliphatic carbocycles. The van der Waals surface area contributed by atoms with Crippen molar-refractivity contribution in [1.82, 2.24) is 4.98 Å². The molecule has 0 aliphatic rings. The molecule has 22 heavy (non-hydrogen) atoms. The number of primary amides is 1. The molecule has 0 unspecified atom stereocenters. The highest BCUT2D eigenvalue weighted by molar-refractivity contribution is 6.44. The standard InChI is InChI=1S/C13H6Cl3F3N2O/c14-7-4-9(16)8(15)3-6(7)11-5(12(20)22)1-2-10(21-11)13(17,18)19/h1-4H,(H2,20,22). The first-order chi connectivity index (χ1) is 10.1. The summed E-state index contributed by atoms with van der Waals surface area (Å²) < 4.78 is 38.4. The van der Waals surface area contributed by atoms with Crippen molar-refractivity contribution in [3.8, 4) is 11.3 Å². The predicted octanol–water partition coefficient (Wildman–Crippen LogP) is 4.83. The van der Waals surface area contributed by atoms with Gasteiger partial charge < -0.3 is 5.73 Å². The Morgan fingerprint density at radius 3 is 2.18 bits per heavy atom. The van der Waals surface area contributed by atoms with Crippen LogP contribution in [0.2, 0.25) is 15.1 Å². The van der Waals surface area contributed by atoms with Gasteiger partial charge in [-0.1, -0.05) is 34.8 Å². The Kier molecular flexibility index (Phi) is 4.56. The van der Waals surface area contributed by atoms with Crippen molar-refractivity contribution in [2.24, 2.45) is 5.73 Å². The highest BCUT2D eigenvalue weighted by Crippen LogP contribution is 2.37. The summed E-state index contributed by atoms with van der Waals surface area (Å²) in [6, 6.07) is 4.07. The fraction of sp³-hybridized carbons (Fsp3) is 0.0769. The minimum absolute atomic E-state index is 0.0104. The third-order valence-corrected chi connectivity index (χ3v) is 3.75. The number of pyridine rings is 1.